The summed E-state index contributed by atoms with van der Waals surface area (Å²) in [5.41, 5.74) is 3.87. The smallest absolute Gasteiger partial charge is 0.263 e. The van der Waals surface area contributed by atoms with Crippen LogP contribution >= 0.6 is 23.2 Å². The van der Waals surface area contributed by atoms with Crippen LogP contribution in [0.25, 0.3) is 22.7 Å². The first-order chi connectivity index (χ1) is 14.6. The molecule has 2 heterocycles. The van der Waals surface area contributed by atoms with Gasteiger partial charge < -0.3 is 4.42 Å². The molecule has 2 aromatic heterocycles. The number of carbonyl (C=O) groups excluding carboxylic acids is 1. The molecule has 8 nitrogen and oxygen atoms in total. The van der Waals surface area contributed by atoms with Crippen molar-refractivity contribution in [3.8, 4) is 22.7 Å². The number of carbonyl (C=O) groups is 1. The summed E-state index contributed by atoms with van der Waals surface area (Å²) in [5, 5.41) is 16.9. The summed E-state index contributed by atoms with van der Waals surface area (Å²) in [5.74, 6) is 1.03. The van der Waals surface area contributed by atoms with Crippen molar-refractivity contribution in [2.45, 2.75) is 6.54 Å². The molecule has 0 spiro atoms. The normalized spacial score (nSPS) is 11.1. The van der Waals surface area contributed by atoms with Gasteiger partial charge in [-0.15, -0.1) is 10.2 Å². The monoisotopic (exact) mass is 440 g/mol. The Balaban J connectivity index is 1.34. The van der Waals surface area contributed by atoms with E-state index >= 15 is 0 Å². The summed E-state index contributed by atoms with van der Waals surface area (Å²) in [4.78, 5) is 13.2. The maximum atomic E-state index is 12.1. The van der Waals surface area contributed by atoms with Crippen molar-refractivity contribution in [3.63, 3.8) is 0 Å². The summed E-state index contributed by atoms with van der Waals surface area (Å²) in [7, 11) is 0. The van der Waals surface area contributed by atoms with Crippen LogP contribution in [0, 0.1) is 0 Å². The predicted molar refractivity (Wildman–Crippen MR) is 113 cm³/mol. The number of rotatable bonds is 6. The Morgan fingerprint density at radius 3 is 2.83 bits per heavy atom. The Morgan fingerprint density at radius 2 is 2.00 bits per heavy atom. The topological polar surface area (TPSA) is 98.2 Å². The number of hydrogen-bond donors (Lipinski definition) is 1. The number of tetrazole rings is 1. The lowest BCUT2D eigenvalue weighted by Gasteiger charge is -1.98. The van der Waals surface area contributed by atoms with Crippen LogP contribution in [0.2, 0.25) is 10.0 Å². The van der Waals surface area contributed by atoms with Crippen LogP contribution in [0.4, 0.5) is 0 Å². The van der Waals surface area contributed by atoms with Gasteiger partial charge in [-0.3, -0.25) is 4.79 Å². The van der Waals surface area contributed by atoms with Gasteiger partial charge in [0.2, 0.25) is 5.82 Å². The molecule has 150 valence electrons. The lowest BCUT2D eigenvalue weighted by Crippen LogP contribution is -2.24. The Bertz CT molecular complexity index is 1220. The third kappa shape index (κ3) is 4.73. The van der Waals surface area contributed by atoms with Gasteiger partial charge in [-0.2, -0.15) is 9.90 Å². The van der Waals surface area contributed by atoms with Crippen molar-refractivity contribution in [2.24, 2.45) is 5.10 Å². The average molecular weight is 441 g/mol. The van der Waals surface area contributed by atoms with Gasteiger partial charge in [0.15, 0.2) is 0 Å². The number of nitrogens with zero attached hydrogens (tertiary/aromatic N) is 5. The number of hydrogen-bond acceptors (Lipinski definition) is 6. The van der Waals surface area contributed by atoms with Gasteiger partial charge in [-0.25, -0.2) is 5.43 Å². The molecule has 4 rings (SSSR count). The summed E-state index contributed by atoms with van der Waals surface area (Å²) in [6.45, 7) is -0.152. The summed E-state index contributed by atoms with van der Waals surface area (Å²) in [6, 6.07) is 18.0. The first-order valence-corrected chi connectivity index (χ1v) is 9.54. The van der Waals surface area contributed by atoms with Gasteiger partial charge in [0.25, 0.3) is 5.91 Å². The molecule has 0 aliphatic heterocycles. The summed E-state index contributed by atoms with van der Waals surface area (Å²) >= 11 is 12.1. The summed E-state index contributed by atoms with van der Waals surface area (Å²) in [6.07, 6.45) is 1.40. The Morgan fingerprint density at radius 1 is 1.13 bits per heavy atom. The van der Waals surface area contributed by atoms with Crippen LogP contribution in [0.15, 0.2) is 70.2 Å². The molecule has 0 bridgehead atoms. The highest BCUT2D eigenvalue weighted by Crippen LogP contribution is 2.24. The molecule has 0 unspecified atom stereocenters. The second kappa shape index (κ2) is 8.89. The molecule has 0 fully saturated rings. The second-order valence-electron chi connectivity index (χ2n) is 6.13. The van der Waals surface area contributed by atoms with Crippen molar-refractivity contribution in [1.82, 2.24) is 25.6 Å². The SMILES string of the molecule is O=C(Cn1nnc(-c2ccccc2Cl)n1)NN=Cc1ccc(-c2cccc(Cl)c2)o1. The van der Waals surface area contributed by atoms with Crippen molar-refractivity contribution in [3.05, 3.63) is 76.5 Å². The lowest BCUT2D eigenvalue weighted by atomic mass is 10.2. The van der Waals surface area contributed by atoms with Gasteiger partial charge in [-0.1, -0.05) is 47.5 Å². The molecule has 4 aromatic rings. The van der Waals surface area contributed by atoms with Crippen LogP contribution in [0.5, 0.6) is 0 Å². The third-order valence-corrected chi connectivity index (χ3v) is 4.53. The quantitative estimate of drug-likeness (QED) is 0.360. The minimum absolute atomic E-state index is 0.152. The number of hydrazone groups is 1. The minimum atomic E-state index is -0.420. The van der Waals surface area contributed by atoms with Gasteiger partial charge in [0.1, 0.15) is 18.1 Å². The van der Waals surface area contributed by atoms with Crippen molar-refractivity contribution >= 4 is 35.3 Å². The molecule has 0 atom stereocenters. The van der Waals surface area contributed by atoms with Gasteiger partial charge in [-0.05, 0) is 41.6 Å². The fraction of sp³-hybridized carbons (Fsp3) is 0.0500. The Kier molecular flexibility index (Phi) is 5.87. The van der Waals surface area contributed by atoms with Gasteiger partial charge in [0.05, 0.1) is 11.2 Å². The third-order valence-electron chi connectivity index (χ3n) is 3.97. The Hall–Kier alpha value is -3.49. The van der Waals surface area contributed by atoms with E-state index in [1.807, 2.05) is 18.2 Å². The standard InChI is InChI=1S/C20H14Cl2N6O2/c21-14-5-3-4-13(10-14)18-9-8-15(30-18)11-23-24-19(29)12-28-26-20(25-27-28)16-6-1-2-7-17(16)22/h1-11H,12H2,(H,24,29). The van der Waals surface area contributed by atoms with Crippen molar-refractivity contribution in [1.29, 1.82) is 0 Å². The molecule has 0 saturated carbocycles. The molecule has 2 aromatic carbocycles. The maximum absolute atomic E-state index is 12.1. The van der Waals surface area contributed by atoms with Crippen LogP contribution in [-0.4, -0.2) is 32.3 Å². The van der Waals surface area contributed by atoms with E-state index in [-0.39, 0.29) is 6.54 Å². The number of benzene rings is 2. The first-order valence-electron chi connectivity index (χ1n) is 8.79. The molecule has 0 radical (unpaired) electrons. The number of nitrogens with one attached hydrogen (secondary N) is 1. The summed E-state index contributed by atoms with van der Waals surface area (Å²) < 4.78 is 5.68. The number of amides is 1. The Labute approximate surface area is 181 Å². The highest BCUT2D eigenvalue weighted by molar-refractivity contribution is 6.33. The highest BCUT2D eigenvalue weighted by atomic mass is 35.5. The van der Waals surface area contributed by atoms with E-state index in [0.29, 0.717) is 33.0 Å². The minimum Gasteiger partial charge on any atom is -0.455 e. The molecule has 10 heteroatoms. The average Bonchev–Trinajstić information content (AvgIpc) is 3.38. The van der Waals surface area contributed by atoms with E-state index in [0.717, 1.165) is 10.4 Å². The molecule has 0 saturated heterocycles. The first kappa shape index (κ1) is 19.8. The number of halogens is 2. The highest BCUT2D eigenvalue weighted by Gasteiger charge is 2.11. The van der Waals surface area contributed by atoms with Gasteiger partial charge >= 0.3 is 0 Å². The zero-order valence-corrected chi connectivity index (χ0v) is 16.9. The van der Waals surface area contributed by atoms with E-state index < -0.39 is 5.91 Å². The molecule has 0 aliphatic carbocycles. The van der Waals surface area contributed by atoms with Gasteiger partial charge in [0, 0.05) is 16.1 Å². The molecule has 1 amide bonds. The fourth-order valence-electron chi connectivity index (χ4n) is 2.61. The zero-order chi connectivity index (χ0) is 20.9. The van der Waals surface area contributed by atoms with Crippen molar-refractivity contribution in [2.75, 3.05) is 0 Å². The molecule has 30 heavy (non-hydrogen) atoms. The largest absolute Gasteiger partial charge is 0.455 e. The lowest BCUT2D eigenvalue weighted by molar-refractivity contribution is -0.122. The molecule has 0 aliphatic rings. The molecule has 1 N–H and O–H groups in total. The molecular formula is C20H14Cl2N6O2. The second-order valence-corrected chi connectivity index (χ2v) is 6.97. The van der Waals surface area contributed by atoms with E-state index in [9.17, 15) is 4.79 Å². The van der Waals surface area contributed by atoms with E-state index in [1.54, 1.807) is 42.5 Å². The fourth-order valence-corrected chi connectivity index (χ4v) is 3.02. The van der Waals surface area contributed by atoms with E-state index in [2.05, 4.69) is 25.9 Å². The van der Waals surface area contributed by atoms with Crippen LogP contribution < -0.4 is 5.43 Å². The van der Waals surface area contributed by atoms with Crippen LogP contribution in [0.3, 0.4) is 0 Å². The van der Waals surface area contributed by atoms with Crippen LogP contribution in [0.1, 0.15) is 5.76 Å². The van der Waals surface area contributed by atoms with Crippen LogP contribution in [-0.2, 0) is 11.3 Å². The molecular weight excluding hydrogens is 427 g/mol. The number of furan rings is 1. The maximum Gasteiger partial charge on any atom is 0.263 e. The van der Waals surface area contributed by atoms with E-state index in [1.165, 1.54) is 6.21 Å². The number of aromatic nitrogens is 4. The zero-order valence-electron chi connectivity index (χ0n) is 15.4. The predicted octanol–water partition coefficient (Wildman–Crippen LogP) is 4.06. The van der Waals surface area contributed by atoms with Crippen molar-refractivity contribution < 1.29 is 9.21 Å². The van der Waals surface area contributed by atoms with E-state index in [4.69, 9.17) is 27.6 Å².